The maximum absolute atomic E-state index is 11.6. The maximum atomic E-state index is 11.6. The summed E-state index contributed by atoms with van der Waals surface area (Å²) in [5, 5.41) is 4.11. The smallest absolute Gasteiger partial charge is 0.270 e. The van der Waals surface area contributed by atoms with Crippen LogP contribution < -0.4 is 11.3 Å². The second-order valence-electron chi connectivity index (χ2n) is 4.35. The molecular formula is C12H12ClN5O2. The van der Waals surface area contributed by atoms with Crippen LogP contribution in [0.2, 0.25) is 5.15 Å². The molecule has 1 amide bonds. The summed E-state index contributed by atoms with van der Waals surface area (Å²) in [6.07, 6.45) is 1.37. The molecule has 0 saturated heterocycles. The topological polar surface area (TPSA) is 104 Å². The van der Waals surface area contributed by atoms with Crippen LogP contribution in [0.5, 0.6) is 0 Å². The zero-order valence-corrected chi connectivity index (χ0v) is 11.6. The molecule has 7 nitrogen and oxygen atoms in total. The monoisotopic (exact) mass is 293 g/mol. The third-order valence-corrected chi connectivity index (χ3v) is 2.81. The van der Waals surface area contributed by atoms with E-state index in [-0.39, 0.29) is 22.4 Å². The predicted molar refractivity (Wildman–Crippen MR) is 73.4 cm³/mol. The summed E-state index contributed by atoms with van der Waals surface area (Å²) in [7, 11) is 0. The number of hydrogen-bond acceptors (Lipinski definition) is 5. The van der Waals surface area contributed by atoms with Crippen LogP contribution >= 0.6 is 11.6 Å². The fourth-order valence-corrected chi connectivity index (χ4v) is 1.77. The summed E-state index contributed by atoms with van der Waals surface area (Å²) in [4.78, 5) is 30.7. The Morgan fingerprint density at radius 1 is 1.35 bits per heavy atom. The molecule has 2 aromatic heterocycles. The molecule has 0 spiro atoms. The first-order chi connectivity index (χ1) is 9.40. The molecule has 0 bridgehead atoms. The van der Waals surface area contributed by atoms with Gasteiger partial charge in [0.2, 0.25) is 0 Å². The summed E-state index contributed by atoms with van der Waals surface area (Å²) >= 11 is 5.74. The van der Waals surface area contributed by atoms with Gasteiger partial charge in [0.05, 0.1) is 12.2 Å². The molecule has 0 radical (unpaired) electrons. The summed E-state index contributed by atoms with van der Waals surface area (Å²) in [5.41, 5.74) is 5.53. The van der Waals surface area contributed by atoms with Crippen LogP contribution in [0.25, 0.3) is 11.4 Å². The van der Waals surface area contributed by atoms with Crippen LogP contribution in [0.1, 0.15) is 30.4 Å². The van der Waals surface area contributed by atoms with Gasteiger partial charge in [0.15, 0.2) is 10.8 Å². The number of hydrogen-bond donors (Lipinski definition) is 1. The van der Waals surface area contributed by atoms with Gasteiger partial charge in [-0.25, -0.2) is 14.6 Å². The molecule has 8 heteroatoms. The SMILES string of the molecule is CC(C)n1nc(-c2cnc(Cl)c(C(N)=O)n2)ccc1=O. The highest BCUT2D eigenvalue weighted by Gasteiger charge is 2.14. The van der Waals surface area contributed by atoms with Crippen LogP contribution in [0.15, 0.2) is 23.1 Å². The summed E-state index contributed by atoms with van der Waals surface area (Å²) in [5.74, 6) is -0.776. The lowest BCUT2D eigenvalue weighted by atomic mass is 10.3. The van der Waals surface area contributed by atoms with E-state index in [4.69, 9.17) is 17.3 Å². The van der Waals surface area contributed by atoms with Crippen molar-refractivity contribution in [2.45, 2.75) is 19.9 Å². The van der Waals surface area contributed by atoms with Gasteiger partial charge >= 0.3 is 0 Å². The molecule has 2 heterocycles. The third kappa shape index (κ3) is 2.67. The van der Waals surface area contributed by atoms with E-state index in [0.29, 0.717) is 11.4 Å². The van der Waals surface area contributed by atoms with Crippen LogP contribution in [0.4, 0.5) is 0 Å². The van der Waals surface area contributed by atoms with E-state index < -0.39 is 5.91 Å². The van der Waals surface area contributed by atoms with Gasteiger partial charge in [0.1, 0.15) is 11.4 Å². The highest BCUT2D eigenvalue weighted by Crippen LogP contribution is 2.17. The molecule has 0 aromatic carbocycles. The number of nitrogens with zero attached hydrogens (tertiary/aromatic N) is 4. The van der Waals surface area contributed by atoms with Crippen molar-refractivity contribution in [3.8, 4) is 11.4 Å². The molecular weight excluding hydrogens is 282 g/mol. The highest BCUT2D eigenvalue weighted by molar-refractivity contribution is 6.32. The van der Waals surface area contributed by atoms with Gasteiger partial charge in [-0.1, -0.05) is 11.6 Å². The Hall–Kier alpha value is -2.28. The van der Waals surface area contributed by atoms with E-state index >= 15 is 0 Å². The minimum absolute atomic E-state index is 0.0709. The highest BCUT2D eigenvalue weighted by atomic mass is 35.5. The number of rotatable bonds is 3. The third-order valence-electron chi connectivity index (χ3n) is 2.54. The van der Waals surface area contributed by atoms with Crippen molar-refractivity contribution >= 4 is 17.5 Å². The second-order valence-corrected chi connectivity index (χ2v) is 4.71. The molecule has 0 saturated carbocycles. The average Bonchev–Trinajstić information content (AvgIpc) is 2.39. The predicted octanol–water partition coefficient (Wildman–Crippen LogP) is 1.03. The molecule has 0 unspecified atom stereocenters. The Labute approximate surface area is 119 Å². The van der Waals surface area contributed by atoms with E-state index in [1.807, 2.05) is 13.8 Å². The number of halogens is 1. The van der Waals surface area contributed by atoms with Gasteiger partial charge in [-0.05, 0) is 19.9 Å². The van der Waals surface area contributed by atoms with Crippen molar-refractivity contribution < 1.29 is 4.79 Å². The van der Waals surface area contributed by atoms with Crippen LogP contribution in [0.3, 0.4) is 0 Å². The first kappa shape index (κ1) is 14.1. The number of carbonyl (C=O) groups is 1. The quantitative estimate of drug-likeness (QED) is 0.910. The Bertz CT molecular complexity index is 726. The largest absolute Gasteiger partial charge is 0.364 e. The summed E-state index contributed by atoms with van der Waals surface area (Å²) in [6.45, 7) is 3.67. The molecule has 2 N–H and O–H groups in total. The van der Waals surface area contributed by atoms with Crippen molar-refractivity contribution in [1.82, 2.24) is 19.7 Å². The molecule has 0 fully saturated rings. The zero-order valence-electron chi connectivity index (χ0n) is 10.9. The Morgan fingerprint density at radius 3 is 2.65 bits per heavy atom. The van der Waals surface area contributed by atoms with E-state index in [2.05, 4.69) is 15.1 Å². The van der Waals surface area contributed by atoms with E-state index in [1.165, 1.54) is 23.0 Å². The Balaban J connectivity index is 2.57. The molecule has 20 heavy (non-hydrogen) atoms. The van der Waals surface area contributed by atoms with Gasteiger partial charge in [-0.15, -0.1) is 0 Å². The van der Waals surface area contributed by atoms with Crippen LogP contribution in [-0.2, 0) is 0 Å². The van der Waals surface area contributed by atoms with Gasteiger partial charge in [-0.2, -0.15) is 5.10 Å². The van der Waals surface area contributed by atoms with Gasteiger partial charge in [-0.3, -0.25) is 9.59 Å². The lowest BCUT2D eigenvalue weighted by molar-refractivity contribution is 0.0995. The van der Waals surface area contributed by atoms with Gasteiger partial charge < -0.3 is 5.73 Å². The van der Waals surface area contributed by atoms with Gasteiger partial charge in [0, 0.05) is 6.07 Å². The van der Waals surface area contributed by atoms with Gasteiger partial charge in [0.25, 0.3) is 11.5 Å². The molecule has 104 valence electrons. The molecule has 2 rings (SSSR count). The van der Waals surface area contributed by atoms with Crippen molar-refractivity contribution in [3.63, 3.8) is 0 Å². The van der Waals surface area contributed by atoms with E-state index in [0.717, 1.165) is 0 Å². The fourth-order valence-electron chi connectivity index (χ4n) is 1.59. The summed E-state index contributed by atoms with van der Waals surface area (Å²) in [6, 6.07) is 2.78. The normalized spacial score (nSPS) is 10.8. The van der Waals surface area contributed by atoms with Crippen molar-refractivity contribution in [2.24, 2.45) is 5.73 Å². The maximum Gasteiger partial charge on any atom is 0.270 e. The molecule has 0 aliphatic carbocycles. The fraction of sp³-hybridized carbons (Fsp3) is 0.250. The molecule has 2 aromatic rings. The standard InChI is InChI=1S/C12H12ClN5O2/c1-6(2)18-9(19)4-3-7(17-18)8-5-15-11(13)10(16-8)12(14)20/h3-6H,1-2H3,(H2,14,20). The number of carbonyl (C=O) groups excluding carboxylic acids is 1. The zero-order chi connectivity index (χ0) is 14.9. The minimum atomic E-state index is -0.776. The van der Waals surface area contributed by atoms with Crippen LogP contribution in [0, 0.1) is 0 Å². The lowest BCUT2D eigenvalue weighted by Crippen LogP contribution is -2.24. The van der Waals surface area contributed by atoms with Crippen LogP contribution in [-0.4, -0.2) is 25.7 Å². The minimum Gasteiger partial charge on any atom is -0.364 e. The number of primary amides is 1. The van der Waals surface area contributed by atoms with E-state index in [9.17, 15) is 9.59 Å². The second kappa shape index (κ2) is 5.38. The molecule has 0 aliphatic heterocycles. The molecule has 0 atom stereocenters. The first-order valence-corrected chi connectivity index (χ1v) is 6.20. The Kier molecular flexibility index (Phi) is 3.80. The Morgan fingerprint density at radius 2 is 2.05 bits per heavy atom. The number of amides is 1. The van der Waals surface area contributed by atoms with Crippen molar-refractivity contribution in [3.05, 3.63) is 39.5 Å². The van der Waals surface area contributed by atoms with Crippen molar-refractivity contribution in [1.29, 1.82) is 0 Å². The number of nitrogens with two attached hydrogens (primary N) is 1. The summed E-state index contributed by atoms with van der Waals surface area (Å²) < 4.78 is 1.32. The van der Waals surface area contributed by atoms with E-state index in [1.54, 1.807) is 0 Å². The first-order valence-electron chi connectivity index (χ1n) is 5.82. The number of aromatic nitrogens is 4. The molecule has 0 aliphatic rings. The lowest BCUT2D eigenvalue weighted by Gasteiger charge is -2.09. The average molecular weight is 294 g/mol. The van der Waals surface area contributed by atoms with Crippen molar-refractivity contribution in [2.75, 3.05) is 0 Å².